The summed E-state index contributed by atoms with van der Waals surface area (Å²) in [5.41, 5.74) is -1.19. The number of hydrogen-bond donors (Lipinski definition) is 0. The molecule has 5 nitrogen and oxygen atoms in total. The van der Waals surface area contributed by atoms with Gasteiger partial charge >= 0.3 is 17.6 Å². The van der Waals surface area contributed by atoms with Gasteiger partial charge in [0.2, 0.25) is 0 Å². The molecule has 3 aromatic carbocycles. The number of halogens is 2. The smallest absolute Gasteiger partial charge is 0.355 e. The van der Waals surface area contributed by atoms with Crippen LogP contribution in [0.15, 0.2) is 82.6 Å². The van der Waals surface area contributed by atoms with Gasteiger partial charge in [0.05, 0.1) is 13.2 Å². The fourth-order valence-electron chi connectivity index (χ4n) is 3.38. The van der Waals surface area contributed by atoms with E-state index < -0.39 is 24.0 Å². The van der Waals surface area contributed by atoms with E-state index in [2.05, 4.69) is 0 Å². The van der Waals surface area contributed by atoms with E-state index in [9.17, 15) is 9.59 Å². The van der Waals surface area contributed by atoms with E-state index in [1.165, 1.54) is 11.8 Å². The second kappa shape index (κ2) is 13.3. The third-order valence-corrected chi connectivity index (χ3v) is 6.58. The number of alkyl halides is 1. The van der Waals surface area contributed by atoms with Crippen LogP contribution >= 0.6 is 23.4 Å². The van der Waals surface area contributed by atoms with Gasteiger partial charge in [-0.1, -0.05) is 65.8 Å². The summed E-state index contributed by atoms with van der Waals surface area (Å²) in [5, 5.41) is 0.409. The first-order valence-corrected chi connectivity index (χ1v) is 12.8. The van der Waals surface area contributed by atoms with E-state index in [0.717, 1.165) is 21.1 Å². The Morgan fingerprint density at radius 2 is 1.56 bits per heavy atom. The van der Waals surface area contributed by atoms with Crippen LogP contribution in [-0.4, -0.2) is 30.8 Å². The van der Waals surface area contributed by atoms with Gasteiger partial charge in [-0.05, 0) is 61.7 Å². The fourth-order valence-corrected chi connectivity index (χ4v) is 4.63. The molecule has 0 spiro atoms. The van der Waals surface area contributed by atoms with Crippen LogP contribution in [-0.2, 0) is 32.1 Å². The molecule has 8 heteroatoms. The fraction of sp³-hybridized carbons (Fsp3) is 0.286. The first-order chi connectivity index (χ1) is 17.4. The van der Waals surface area contributed by atoms with Gasteiger partial charge in [0.25, 0.3) is 0 Å². The highest BCUT2D eigenvalue weighted by Crippen LogP contribution is 2.34. The van der Waals surface area contributed by atoms with Crippen LogP contribution in [0.4, 0.5) is 4.39 Å². The molecule has 0 atom stereocenters. The molecule has 0 saturated heterocycles. The molecule has 0 aliphatic carbocycles. The minimum Gasteiger partial charge on any atom is -0.489 e. The number of hydrogen-bond acceptors (Lipinski definition) is 6. The Morgan fingerprint density at radius 1 is 0.889 bits per heavy atom. The average Bonchev–Trinajstić information content (AvgIpc) is 2.88. The molecule has 0 radical (unpaired) electrons. The third kappa shape index (κ3) is 7.48. The summed E-state index contributed by atoms with van der Waals surface area (Å²) < 4.78 is 30.8. The minimum atomic E-state index is -2.89. The second-order valence-electron chi connectivity index (χ2n) is 7.85. The van der Waals surface area contributed by atoms with Crippen molar-refractivity contribution in [2.24, 2.45) is 0 Å². The Balaban J connectivity index is 1.65. The highest BCUT2D eigenvalue weighted by atomic mass is 35.5. The lowest BCUT2D eigenvalue weighted by atomic mass is 9.96. The summed E-state index contributed by atoms with van der Waals surface area (Å²) >= 11 is 7.97. The van der Waals surface area contributed by atoms with Crippen molar-refractivity contribution in [1.82, 2.24) is 0 Å². The predicted octanol–water partition coefficient (Wildman–Crippen LogP) is 6.84. The number of rotatable bonds is 12. The summed E-state index contributed by atoms with van der Waals surface area (Å²) in [6, 6.07) is 23.1. The number of ether oxygens (including phenoxy) is 3. The zero-order valence-electron chi connectivity index (χ0n) is 20.2. The third-order valence-electron chi connectivity index (χ3n) is 5.25. The van der Waals surface area contributed by atoms with Crippen LogP contribution in [0.3, 0.4) is 0 Å². The molecule has 0 bridgehead atoms. The van der Waals surface area contributed by atoms with Gasteiger partial charge in [0, 0.05) is 21.2 Å². The van der Waals surface area contributed by atoms with Crippen LogP contribution in [0.2, 0.25) is 5.02 Å². The lowest BCUT2D eigenvalue weighted by molar-refractivity contribution is -0.174. The van der Waals surface area contributed by atoms with E-state index >= 15 is 4.39 Å². The summed E-state index contributed by atoms with van der Waals surface area (Å²) in [5.74, 6) is -1.74. The van der Waals surface area contributed by atoms with Gasteiger partial charge in [-0.3, -0.25) is 0 Å². The number of benzene rings is 3. The number of carbonyl (C=O) groups is 2. The first-order valence-electron chi connectivity index (χ1n) is 11.6. The highest BCUT2D eigenvalue weighted by molar-refractivity contribution is 7.99. The number of carbonyl (C=O) groups excluding carboxylic acids is 2. The Bertz CT molecular complexity index is 1150. The molecular weight excluding hydrogens is 503 g/mol. The van der Waals surface area contributed by atoms with Gasteiger partial charge < -0.3 is 14.2 Å². The monoisotopic (exact) mass is 530 g/mol. The molecule has 0 fully saturated rings. The predicted molar refractivity (Wildman–Crippen MR) is 138 cm³/mol. The van der Waals surface area contributed by atoms with Crippen molar-refractivity contribution in [3.63, 3.8) is 0 Å². The maximum atomic E-state index is 15.3. The maximum Gasteiger partial charge on any atom is 0.355 e. The first kappa shape index (κ1) is 27.6. The minimum absolute atomic E-state index is 0.0465. The van der Waals surface area contributed by atoms with Crippen molar-refractivity contribution in [2.75, 3.05) is 13.2 Å². The zero-order chi connectivity index (χ0) is 26.0. The molecule has 0 unspecified atom stereocenters. The SMILES string of the molecule is CCOC(=O)C(F)(CCc1ccc(Sc2cccc(OCc3ccccc3)c2)cc1Cl)C(=O)OCC. The molecule has 0 aliphatic heterocycles. The quantitative estimate of drug-likeness (QED) is 0.189. The van der Waals surface area contributed by atoms with Crippen molar-refractivity contribution >= 4 is 35.3 Å². The van der Waals surface area contributed by atoms with Crippen molar-refractivity contribution in [1.29, 1.82) is 0 Å². The van der Waals surface area contributed by atoms with Gasteiger partial charge in [0.15, 0.2) is 0 Å². The Hall–Kier alpha value is -3.03. The van der Waals surface area contributed by atoms with Crippen molar-refractivity contribution in [3.05, 3.63) is 88.9 Å². The van der Waals surface area contributed by atoms with Gasteiger partial charge in [-0.25, -0.2) is 14.0 Å². The summed E-state index contributed by atoms with van der Waals surface area (Å²) in [6.07, 6.45) is -0.377. The summed E-state index contributed by atoms with van der Waals surface area (Å²) in [7, 11) is 0. The van der Waals surface area contributed by atoms with Gasteiger partial charge in [0.1, 0.15) is 12.4 Å². The lowest BCUT2D eigenvalue weighted by Gasteiger charge is -2.21. The van der Waals surface area contributed by atoms with Crippen LogP contribution in [0.5, 0.6) is 5.75 Å². The Morgan fingerprint density at radius 3 is 2.19 bits per heavy atom. The van der Waals surface area contributed by atoms with Gasteiger partial charge in [-0.2, -0.15) is 0 Å². The number of esters is 2. The molecule has 3 aromatic rings. The van der Waals surface area contributed by atoms with E-state index in [1.54, 1.807) is 26.0 Å². The van der Waals surface area contributed by atoms with E-state index in [-0.39, 0.29) is 19.6 Å². The van der Waals surface area contributed by atoms with Crippen LogP contribution < -0.4 is 4.74 Å². The topological polar surface area (TPSA) is 61.8 Å². The normalized spacial score (nSPS) is 11.1. The molecule has 0 aliphatic rings. The van der Waals surface area contributed by atoms with E-state index in [4.69, 9.17) is 25.8 Å². The molecule has 0 heterocycles. The molecule has 3 rings (SSSR count). The van der Waals surface area contributed by atoms with Crippen molar-refractivity contribution in [3.8, 4) is 5.75 Å². The van der Waals surface area contributed by atoms with E-state index in [0.29, 0.717) is 17.2 Å². The van der Waals surface area contributed by atoms with Crippen LogP contribution in [0, 0.1) is 0 Å². The van der Waals surface area contributed by atoms with Gasteiger partial charge in [-0.15, -0.1) is 0 Å². The zero-order valence-corrected chi connectivity index (χ0v) is 21.7. The standard InChI is InChI=1S/C28H28ClFO5S/c1-3-33-26(31)28(30,27(32)34-4-2)16-15-21-13-14-24(18-25(21)29)36-23-12-8-11-22(17-23)35-19-20-9-6-5-7-10-20/h5-14,17-18H,3-4,15-16,19H2,1-2H3. The Kier molecular flexibility index (Phi) is 10.2. The molecule has 0 N–H and O–H groups in total. The lowest BCUT2D eigenvalue weighted by Crippen LogP contribution is -2.45. The second-order valence-corrected chi connectivity index (χ2v) is 9.40. The maximum absolute atomic E-state index is 15.3. The molecule has 0 aromatic heterocycles. The average molecular weight is 531 g/mol. The van der Waals surface area contributed by atoms with Crippen LogP contribution in [0.1, 0.15) is 31.4 Å². The van der Waals surface area contributed by atoms with E-state index in [1.807, 2.05) is 60.7 Å². The Labute approximate surface area is 219 Å². The van der Waals surface area contributed by atoms with Crippen LogP contribution in [0.25, 0.3) is 0 Å². The van der Waals surface area contributed by atoms with Crippen molar-refractivity contribution in [2.45, 2.75) is 48.8 Å². The van der Waals surface area contributed by atoms with Crippen molar-refractivity contribution < 1.29 is 28.2 Å². The molecule has 0 amide bonds. The number of aryl methyl sites for hydroxylation is 1. The summed E-state index contributed by atoms with van der Waals surface area (Å²) in [6.45, 7) is 3.47. The summed E-state index contributed by atoms with van der Waals surface area (Å²) in [4.78, 5) is 26.2. The largest absolute Gasteiger partial charge is 0.489 e. The molecule has 0 saturated carbocycles. The highest BCUT2D eigenvalue weighted by Gasteiger charge is 2.49. The molecular formula is C28H28ClFO5S. The molecule has 36 heavy (non-hydrogen) atoms. The molecule has 190 valence electrons.